The number of benzene rings is 1. The second kappa shape index (κ2) is 5.17. The Morgan fingerprint density at radius 2 is 2.00 bits per heavy atom. The molecule has 1 aliphatic carbocycles. The van der Waals surface area contributed by atoms with Crippen molar-refractivity contribution in [2.75, 3.05) is 18.0 Å². The van der Waals surface area contributed by atoms with Gasteiger partial charge in [0.05, 0.1) is 0 Å². The average molecular weight is 255 g/mol. The van der Waals surface area contributed by atoms with E-state index in [4.69, 9.17) is 5.73 Å². The van der Waals surface area contributed by atoms with Crippen molar-refractivity contribution in [3.05, 3.63) is 36.0 Å². The van der Waals surface area contributed by atoms with Gasteiger partial charge in [0.2, 0.25) is 0 Å². The van der Waals surface area contributed by atoms with Gasteiger partial charge in [-0.15, -0.1) is 0 Å². The molecule has 0 aliphatic heterocycles. The topological polar surface area (TPSA) is 42.2 Å². The zero-order valence-electron chi connectivity index (χ0n) is 11.5. The SMILES string of the molecule is CCN(CC1CC1)c1ncc(CN)c2ccccc12. The molecule has 0 bridgehead atoms. The van der Waals surface area contributed by atoms with E-state index in [1.165, 1.54) is 23.6 Å². The minimum absolute atomic E-state index is 0.544. The third kappa shape index (κ3) is 2.43. The van der Waals surface area contributed by atoms with Crippen LogP contribution in [0.5, 0.6) is 0 Å². The van der Waals surface area contributed by atoms with E-state index in [9.17, 15) is 0 Å². The molecule has 0 saturated heterocycles. The number of nitrogens with zero attached hydrogens (tertiary/aromatic N) is 2. The first-order chi connectivity index (χ1) is 9.33. The molecular weight excluding hydrogens is 234 g/mol. The van der Waals surface area contributed by atoms with Crippen molar-refractivity contribution in [2.45, 2.75) is 26.3 Å². The summed E-state index contributed by atoms with van der Waals surface area (Å²) in [5.41, 5.74) is 6.94. The Labute approximate surface area is 114 Å². The van der Waals surface area contributed by atoms with Crippen LogP contribution in [0.3, 0.4) is 0 Å². The van der Waals surface area contributed by atoms with Crippen LogP contribution in [0.2, 0.25) is 0 Å². The minimum Gasteiger partial charge on any atom is -0.356 e. The Morgan fingerprint density at radius 1 is 1.26 bits per heavy atom. The highest BCUT2D eigenvalue weighted by atomic mass is 15.2. The van der Waals surface area contributed by atoms with E-state index in [1.807, 2.05) is 6.20 Å². The first-order valence-corrected chi connectivity index (χ1v) is 7.15. The summed E-state index contributed by atoms with van der Waals surface area (Å²) < 4.78 is 0. The molecule has 0 radical (unpaired) electrons. The van der Waals surface area contributed by atoms with Crippen LogP contribution in [-0.4, -0.2) is 18.1 Å². The molecule has 2 N–H and O–H groups in total. The summed E-state index contributed by atoms with van der Waals surface area (Å²) in [5.74, 6) is 1.98. The molecule has 1 aromatic carbocycles. The van der Waals surface area contributed by atoms with Crippen molar-refractivity contribution in [3.63, 3.8) is 0 Å². The number of anilines is 1. The standard InChI is InChI=1S/C16H21N3/c1-2-19(11-12-7-8-12)16-15-6-4-3-5-14(15)13(9-17)10-18-16/h3-6,10,12H,2,7-9,11,17H2,1H3. The maximum absolute atomic E-state index is 5.81. The number of nitrogens with two attached hydrogens (primary N) is 1. The van der Waals surface area contributed by atoms with E-state index in [-0.39, 0.29) is 0 Å². The number of rotatable bonds is 5. The lowest BCUT2D eigenvalue weighted by Crippen LogP contribution is -2.26. The Hall–Kier alpha value is -1.61. The molecule has 3 rings (SSSR count). The Bertz CT molecular complexity index is 575. The van der Waals surface area contributed by atoms with Gasteiger partial charge in [0.15, 0.2) is 0 Å². The average Bonchev–Trinajstić information content (AvgIpc) is 3.28. The van der Waals surface area contributed by atoms with Gasteiger partial charge in [0.1, 0.15) is 5.82 Å². The van der Waals surface area contributed by atoms with Gasteiger partial charge in [-0.05, 0) is 36.6 Å². The van der Waals surface area contributed by atoms with Crippen molar-refractivity contribution >= 4 is 16.6 Å². The third-order valence-electron chi connectivity index (χ3n) is 3.93. The highest BCUT2D eigenvalue weighted by molar-refractivity contribution is 5.94. The summed E-state index contributed by atoms with van der Waals surface area (Å²) in [6, 6.07) is 8.46. The van der Waals surface area contributed by atoms with Gasteiger partial charge in [-0.3, -0.25) is 0 Å². The fourth-order valence-electron chi connectivity index (χ4n) is 2.63. The van der Waals surface area contributed by atoms with Crippen molar-refractivity contribution in [1.29, 1.82) is 0 Å². The molecule has 1 aromatic heterocycles. The van der Waals surface area contributed by atoms with Crippen molar-refractivity contribution in [1.82, 2.24) is 4.98 Å². The van der Waals surface area contributed by atoms with Crippen LogP contribution in [0.15, 0.2) is 30.5 Å². The molecule has 0 atom stereocenters. The number of hydrogen-bond donors (Lipinski definition) is 1. The van der Waals surface area contributed by atoms with Gasteiger partial charge >= 0.3 is 0 Å². The molecule has 0 spiro atoms. The predicted molar refractivity (Wildman–Crippen MR) is 80.2 cm³/mol. The second-order valence-electron chi connectivity index (χ2n) is 5.34. The molecular formula is C16H21N3. The minimum atomic E-state index is 0.544. The van der Waals surface area contributed by atoms with E-state index in [0.29, 0.717) is 6.54 Å². The van der Waals surface area contributed by atoms with Crippen molar-refractivity contribution in [3.8, 4) is 0 Å². The predicted octanol–water partition coefficient (Wildman–Crippen LogP) is 2.93. The molecule has 19 heavy (non-hydrogen) atoms. The smallest absolute Gasteiger partial charge is 0.136 e. The molecule has 1 saturated carbocycles. The largest absolute Gasteiger partial charge is 0.356 e. The van der Waals surface area contributed by atoms with Gasteiger partial charge in [-0.2, -0.15) is 0 Å². The Kier molecular flexibility index (Phi) is 3.38. The van der Waals surface area contributed by atoms with Crippen molar-refractivity contribution in [2.24, 2.45) is 11.7 Å². The van der Waals surface area contributed by atoms with Crippen LogP contribution >= 0.6 is 0 Å². The summed E-state index contributed by atoms with van der Waals surface area (Å²) >= 11 is 0. The Balaban J connectivity index is 2.06. The normalized spacial score (nSPS) is 14.8. The molecule has 2 aromatic rings. The highest BCUT2D eigenvalue weighted by Crippen LogP contribution is 2.33. The van der Waals surface area contributed by atoms with Crippen molar-refractivity contribution < 1.29 is 0 Å². The summed E-state index contributed by atoms with van der Waals surface area (Å²) in [7, 11) is 0. The van der Waals surface area contributed by atoms with E-state index in [0.717, 1.165) is 30.4 Å². The van der Waals surface area contributed by atoms with Gasteiger partial charge in [-0.25, -0.2) is 4.98 Å². The molecule has 3 nitrogen and oxygen atoms in total. The molecule has 1 aliphatic rings. The van der Waals surface area contributed by atoms with Gasteiger partial charge in [-0.1, -0.05) is 24.3 Å². The van der Waals surface area contributed by atoms with E-state index >= 15 is 0 Å². The monoisotopic (exact) mass is 255 g/mol. The van der Waals surface area contributed by atoms with E-state index in [2.05, 4.69) is 41.1 Å². The van der Waals surface area contributed by atoms with E-state index < -0.39 is 0 Å². The Morgan fingerprint density at radius 3 is 2.63 bits per heavy atom. The summed E-state index contributed by atoms with van der Waals surface area (Å²) in [6.45, 7) is 4.89. The van der Waals surface area contributed by atoms with Gasteiger partial charge < -0.3 is 10.6 Å². The van der Waals surface area contributed by atoms with Crippen LogP contribution < -0.4 is 10.6 Å². The molecule has 3 heteroatoms. The first-order valence-electron chi connectivity index (χ1n) is 7.15. The van der Waals surface area contributed by atoms with Crippen LogP contribution in [0.1, 0.15) is 25.3 Å². The zero-order valence-corrected chi connectivity index (χ0v) is 11.5. The number of fused-ring (bicyclic) bond motifs is 1. The second-order valence-corrected chi connectivity index (χ2v) is 5.34. The fourth-order valence-corrected chi connectivity index (χ4v) is 2.63. The maximum Gasteiger partial charge on any atom is 0.136 e. The molecule has 0 unspecified atom stereocenters. The van der Waals surface area contributed by atoms with Gasteiger partial charge in [0, 0.05) is 31.2 Å². The number of hydrogen-bond acceptors (Lipinski definition) is 3. The number of pyridine rings is 1. The lowest BCUT2D eigenvalue weighted by molar-refractivity contribution is 0.734. The quantitative estimate of drug-likeness (QED) is 0.893. The summed E-state index contributed by atoms with van der Waals surface area (Å²) in [6.07, 6.45) is 4.68. The fraction of sp³-hybridized carbons (Fsp3) is 0.438. The summed E-state index contributed by atoms with van der Waals surface area (Å²) in [4.78, 5) is 7.08. The zero-order chi connectivity index (χ0) is 13.2. The lowest BCUT2D eigenvalue weighted by atomic mass is 10.1. The lowest BCUT2D eigenvalue weighted by Gasteiger charge is -2.24. The highest BCUT2D eigenvalue weighted by Gasteiger charge is 2.25. The van der Waals surface area contributed by atoms with Crippen LogP contribution in [0.4, 0.5) is 5.82 Å². The van der Waals surface area contributed by atoms with Crippen LogP contribution in [0, 0.1) is 5.92 Å². The van der Waals surface area contributed by atoms with Crippen LogP contribution in [-0.2, 0) is 6.54 Å². The molecule has 0 amide bonds. The molecule has 1 heterocycles. The van der Waals surface area contributed by atoms with E-state index in [1.54, 1.807) is 0 Å². The van der Waals surface area contributed by atoms with Crippen LogP contribution in [0.25, 0.3) is 10.8 Å². The molecule has 100 valence electrons. The molecule has 1 fully saturated rings. The van der Waals surface area contributed by atoms with Gasteiger partial charge in [0.25, 0.3) is 0 Å². The maximum atomic E-state index is 5.81. The third-order valence-corrected chi connectivity index (χ3v) is 3.93. The first kappa shape index (κ1) is 12.4. The number of aromatic nitrogens is 1. The summed E-state index contributed by atoms with van der Waals surface area (Å²) in [5, 5.41) is 2.47.